The summed E-state index contributed by atoms with van der Waals surface area (Å²) in [6.45, 7) is 5.46. The topological polar surface area (TPSA) is 51.1 Å². The molecular weight excluding hydrogens is 328 g/mol. The molecule has 2 amide bonds. The van der Waals surface area contributed by atoms with Crippen molar-refractivity contribution in [3.05, 3.63) is 41.6 Å². The van der Waals surface area contributed by atoms with Crippen molar-refractivity contribution in [1.82, 2.24) is 0 Å². The number of allylic oxidation sites excluding steroid dienone is 2. The highest BCUT2D eigenvalue weighted by Gasteiger charge is 2.47. The maximum Gasteiger partial charge on any atom is 0.238 e. The van der Waals surface area contributed by atoms with Crippen LogP contribution >= 0.6 is 0 Å². The van der Waals surface area contributed by atoms with Gasteiger partial charge in [-0.3, -0.25) is 14.5 Å². The van der Waals surface area contributed by atoms with Gasteiger partial charge in [0.1, 0.15) is 18.8 Å². The number of quaternary nitrogens is 1. The van der Waals surface area contributed by atoms with Crippen molar-refractivity contribution in [2.75, 3.05) is 31.2 Å². The number of benzene rings is 1. The van der Waals surface area contributed by atoms with Crippen LogP contribution in [0.2, 0.25) is 0 Å². The van der Waals surface area contributed by atoms with Crippen molar-refractivity contribution in [2.45, 2.75) is 32.6 Å². The molecule has 2 fully saturated rings. The number of imide groups is 1. The average molecular weight is 355 g/mol. The monoisotopic (exact) mass is 355 g/mol. The fraction of sp³-hybridized carbons (Fsp3) is 0.524. The van der Waals surface area contributed by atoms with Gasteiger partial charge in [0.2, 0.25) is 11.8 Å². The molecule has 2 heterocycles. The predicted molar refractivity (Wildman–Crippen MR) is 98.7 cm³/mol. The van der Waals surface area contributed by atoms with E-state index in [0.29, 0.717) is 12.1 Å². The van der Waals surface area contributed by atoms with Crippen molar-refractivity contribution in [3.8, 4) is 0 Å². The first-order valence-electron chi connectivity index (χ1n) is 9.71. The molecule has 1 N–H and O–H groups in total. The number of aryl methyl sites for hydroxylation is 1. The maximum absolute atomic E-state index is 13.2. The summed E-state index contributed by atoms with van der Waals surface area (Å²) in [4.78, 5) is 28.7. The summed E-state index contributed by atoms with van der Waals surface area (Å²) in [5.41, 5.74) is 3.17. The van der Waals surface area contributed by atoms with Gasteiger partial charge < -0.3 is 9.64 Å². The number of amides is 2. The fourth-order valence-corrected chi connectivity index (χ4v) is 4.57. The van der Waals surface area contributed by atoms with E-state index in [1.807, 2.05) is 31.2 Å². The molecule has 0 bridgehead atoms. The minimum absolute atomic E-state index is 0.0238. The number of nitrogens with one attached hydrogen (secondary N) is 1. The lowest BCUT2D eigenvalue weighted by molar-refractivity contribution is -0.874. The Morgan fingerprint density at radius 1 is 1.08 bits per heavy atom. The maximum atomic E-state index is 13.2. The summed E-state index contributed by atoms with van der Waals surface area (Å²) >= 11 is 0. The smallest absolute Gasteiger partial charge is 0.238 e. The number of morpholine rings is 1. The molecule has 1 aliphatic carbocycles. The summed E-state index contributed by atoms with van der Waals surface area (Å²) < 4.78 is 5.50. The Morgan fingerprint density at radius 2 is 1.81 bits per heavy atom. The molecular formula is C21H27N2O3+. The van der Waals surface area contributed by atoms with Crippen LogP contribution in [0.15, 0.2) is 36.0 Å². The van der Waals surface area contributed by atoms with Crippen LogP contribution in [0.5, 0.6) is 0 Å². The molecule has 138 valence electrons. The zero-order valence-corrected chi connectivity index (χ0v) is 15.4. The van der Waals surface area contributed by atoms with E-state index in [9.17, 15) is 9.59 Å². The third-order valence-corrected chi connectivity index (χ3v) is 5.95. The molecule has 0 saturated carbocycles. The number of hydrogen-bond donors (Lipinski definition) is 1. The van der Waals surface area contributed by atoms with Crippen LogP contribution in [0, 0.1) is 18.8 Å². The van der Waals surface area contributed by atoms with Crippen LogP contribution in [-0.2, 0) is 14.3 Å². The minimum atomic E-state index is -0.217. The highest BCUT2D eigenvalue weighted by molar-refractivity contribution is 6.21. The second-order valence-corrected chi connectivity index (χ2v) is 7.63. The van der Waals surface area contributed by atoms with E-state index in [4.69, 9.17) is 4.74 Å². The van der Waals surface area contributed by atoms with Gasteiger partial charge in [0.25, 0.3) is 0 Å². The molecule has 1 aromatic rings. The molecule has 3 aliphatic rings. The first kappa shape index (κ1) is 17.4. The summed E-state index contributed by atoms with van der Waals surface area (Å²) in [6.07, 6.45) is 5.83. The number of carbonyl (C=O) groups excluding carboxylic acids is 2. The van der Waals surface area contributed by atoms with Gasteiger partial charge in [0.05, 0.1) is 24.8 Å². The molecule has 0 radical (unpaired) electrons. The van der Waals surface area contributed by atoms with Crippen molar-refractivity contribution < 1.29 is 19.2 Å². The van der Waals surface area contributed by atoms with E-state index in [-0.39, 0.29) is 23.7 Å². The van der Waals surface area contributed by atoms with Gasteiger partial charge in [-0.2, -0.15) is 0 Å². The number of ether oxygens (including phenoxy) is 1. The first-order valence-corrected chi connectivity index (χ1v) is 9.71. The third-order valence-electron chi connectivity index (χ3n) is 5.95. The normalized spacial score (nSPS) is 27.7. The van der Waals surface area contributed by atoms with Crippen LogP contribution in [0.25, 0.3) is 0 Å². The highest BCUT2D eigenvalue weighted by Crippen LogP contribution is 2.37. The van der Waals surface area contributed by atoms with Crippen molar-refractivity contribution in [3.63, 3.8) is 0 Å². The van der Waals surface area contributed by atoms with Gasteiger partial charge in [0, 0.05) is 12.3 Å². The molecule has 26 heavy (non-hydrogen) atoms. The summed E-state index contributed by atoms with van der Waals surface area (Å²) in [7, 11) is 0. The van der Waals surface area contributed by atoms with Crippen LogP contribution < -0.4 is 9.80 Å². The molecule has 0 unspecified atom stereocenters. The van der Waals surface area contributed by atoms with Crippen molar-refractivity contribution in [1.29, 1.82) is 0 Å². The van der Waals surface area contributed by atoms with Crippen LogP contribution in [-0.4, -0.2) is 38.1 Å². The van der Waals surface area contributed by atoms with Crippen LogP contribution in [0.1, 0.15) is 31.2 Å². The second kappa shape index (κ2) is 7.33. The van der Waals surface area contributed by atoms with E-state index < -0.39 is 0 Å². The van der Waals surface area contributed by atoms with Gasteiger partial charge in [0.15, 0.2) is 0 Å². The van der Waals surface area contributed by atoms with Gasteiger partial charge in [-0.1, -0.05) is 17.7 Å². The first-order chi connectivity index (χ1) is 12.6. The number of rotatable bonds is 3. The molecule has 4 rings (SSSR count). The highest BCUT2D eigenvalue weighted by atomic mass is 16.5. The Hall–Kier alpha value is -1.98. The Kier molecular flexibility index (Phi) is 4.92. The second-order valence-electron chi connectivity index (χ2n) is 7.63. The molecule has 2 atom stereocenters. The van der Waals surface area contributed by atoms with Gasteiger partial charge >= 0.3 is 0 Å². The Labute approximate surface area is 154 Å². The zero-order valence-electron chi connectivity index (χ0n) is 15.4. The molecule has 1 aromatic carbocycles. The Bertz CT molecular complexity index is 719. The lowest BCUT2D eigenvalue weighted by Crippen LogP contribution is -3.13. The van der Waals surface area contributed by atoms with E-state index in [1.54, 1.807) is 0 Å². The lowest BCUT2D eigenvalue weighted by Gasteiger charge is -2.34. The molecule has 2 aliphatic heterocycles. The van der Waals surface area contributed by atoms with E-state index in [1.165, 1.54) is 15.5 Å². The molecule has 5 nitrogen and oxygen atoms in total. The number of anilines is 1. The molecule has 0 aromatic heterocycles. The minimum Gasteiger partial charge on any atom is -0.370 e. The Balaban J connectivity index is 1.57. The third kappa shape index (κ3) is 3.21. The standard InChI is InChI=1S/C21H26N2O3/c1-15-6-8-16(9-7-15)23-20(24)14-18(21(23)25)17-4-2-3-5-19(17)22-10-12-26-13-11-22/h5-9,17-18H,2-4,10-14H2,1H3/p+1/t17-,18+/m1/s1. The number of carbonyl (C=O) groups is 2. The SMILES string of the molecule is Cc1ccc(N2C(=O)C[C@@H]([C@H]3CCCC=C3[NH+]3CCOCC3)C2=O)cc1. The van der Waals surface area contributed by atoms with Crippen LogP contribution in [0.4, 0.5) is 5.69 Å². The number of hydrogen-bond acceptors (Lipinski definition) is 3. The van der Waals surface area contributed by atoms with Gasteiger partial charge in [-0.05, 0) is 44.4 Å². The summed E-state index contributed by atoms with van der Waals surface area (Å²) in [5, 5.41) is 0. The van der Waals surface area contributed by atoms with Gasteiger partial charge in [-0.25, -0.2) is 0 Å². The van der Waals surface area contributed by atoms with Crippen LogP contribution in [0.3, 0.4) is 0 Å². The lowest BCUT2D eigenvalue weighted by atomic mass is 9.80. The molecule has 2 saturated heterocycles. The predicted octanol–water partition coefficient (Wildman–Crippen LogP) is 1.47. The zero-order chi connectivity index (χ0) is 18.1. The van der Waals surface area contributed by atoms with Crippen molar-refractivity contribution >= 4 is 17.5 Å². The van der Waals surface area contributed by atoms with E-state index >= 15 is 0 Å². The molecule has 0 spiro atoms. The number of nitrogens with zero attached hydrogens (tertiary/aromatic N) is 1. The largest absolute Gasteiger partial charge is 0.370 e. The fourth-order valence-electron chi connectivity index (χ4n) is 4.57. The summed E-state index contributed by atoms with van der Waals surface area (Å²) in [6, 6.07) is 7.65. The molecule has 5 heteroatoms. The summed E-state index contributed by atoms with van der Waals surface area (Å²) in [5.74, 6) is -0.121. The van der Waals surface area contributed by atoms with E-state index in [2.05, 4.69) is 6.08 Å². The van der Waals surface area contributed by atoms with E-state index in [0.717, 1.165) is 51.1 Å². The average Bonchev–Trinajstić information content (AvgIpc) is 2.97. The van der Waals surface area contributed by atoms with Crippen molar-refractivity contribution in [2.24, 2.45) is 11.8 Å². The quantitative estimate of drug-likeness (QED) is 0.836. The Morgan fingerprint density at radius 3 is 2.54 bits per heavy atom. The van der Waals surface area contributed by atoms with Gasteiger partial charge in [-0.15, -0.1) is 0 Å².